The van der Waals surface area contributed by atoms with Crippen molar-refractivity contribution in [2.24, 2.45) is 0 Å². The molecule has 2 aromatic carbocycles. The highest BCUT2D eigenvalue weighted by atomic mass is 16.5. The Bertz CT molecular complexity index is 872. The number of likely N-dealkylation sites (tertiary alicyclic amines) is 1. The highest BCUT2D eigenvalue weighted by molar-refractivity contribution is 6.02. The molecule has 144 valence electrons. The fourth-order valence-corrected chi connectivity index (χ4v) is 3.69. The third-order valence-corrected chi connectivity index (χ3v) is 5.08. The second-order valence-corrected chi connectivity index (χ2v) is 6.89. The summed E-state index contributed by atoms with van der Waals surface area (Å²) in [5, 5.41) is 2.87. The SMILES string of the molecule is O=C1NC2CCN(C(=O)COc3ccccc3)C2C(=O)N1Cc1ccccc1. The first-order chi connectivity index (χ1) is 13.6. The summed E-state index contributed by atoms with van der Waals surface area (Å²) in [5.74, 6) is -0.00995. The van der Waals surface area contributed by atoms with Gasteiger partial charge in [0.05, 0.1) is 12.6 Å². The molecule has 2 aliphatic rings. The van der Waals surface area contributed by atoms with Gasteiger partial charge in [-0.25, -0.2) is 4.79 Å². The van der Waals surface area contributed by atoms with E-state index in [0.717, 1.165) is 5.56 Å². The summed E-state index contributed by atoms with van der Waals surface area (Å²) in [6, 6.07) is 16.9. The zero-order chi connectivity index (χ0) is 19.5. The summed E-state index contributed by atoms with van der Waals surface area (Å²) in [4.78, 5) is 40.8. The molecular formula is C21H21N3O4. The number of para-hydroxylation sites is 1. The Morgan fingerprint density at radius 2 is 1.71 bits per heavy atom. The molecule has 0 radical (unpaired) electrons. The second kappa shape index (κ2) is 7.72. The molecule has 1 N–H and O–H groups in total. The van der Waals surface area contributed by atoms with Gasteiger partial charge in [0, 0.05) is 6.54 Å². The van der Waals surface area contributed by atoms with Crippen LogP contribution in [0, 0.1) is 0 Å². The molecule has 0 saturated carbocycles. The topological polar surface area (TPSA) is 79.0 Å². The molecule has 2 aliphatic heterocycles. The number of rotatable bonds is 5. The fourth-order valence-electron chi connectivity index (χ4n) is 3.69. The van der Waals surface area contributed by atoms with E-state index in [4.69, 9.17) is 4.74 Å². The number of imide groups is 1. The number of hydrogen-bond donors (Lipinski definition) is 1. The van der Waals surface area contributed by atoms with Crippen LogP contribution in [0.15, 0.2) is 60.7 Å². The first-order valence-corrected chi connectivity index (χ1v) is 9.26. The van der Waals surface area contributed by atoms with Crippen LogP contribution in [0.3, 0.4) is 0 Å². The van der Waals surface area contributed by atoms with Crippen LogP contribution >= 0.6 is 0 Å². The summed E-state index contributed by atoms with van der Waals surface area (Å²) in [6.45, 7) is 0.446. The molecule has 0 aromatic heterocycles. The van der Waals surface area contributed by atoms with Crippen LogP contribution in [0.1, 0.15) is 12.0 Å². The largest absolute Gasteiger partial charge is 0.484 e. The summed E-state index contributed by atoms with van der Waals surface area (Å²) in [7, 11) is 0. The van der Waals surface area contributed by atoms with Crippen molar-refractivity contribution in [2.45, 2.75) is 25.0 Å². The maximum atomic E-state index is 13.0. The Morgan fingerprint density at radius 1 is 1.04 bits per heavy atom. The van der Waals surface area contributed by atoms with Crippen molar-refractivity contribution in [3.63, 3.8) is 0 Å². The van der Waals surface area contributed by atoms with Crippen LogP contribution < -0.4 is 10.1 Å². The Hall–Kier alpha value is -3.35. The third kappa shape index (κ3) is 3.55. The predicted molar refractivity (Wildman–Crippen MR) is 101 cm³/mol. The van der Waals surface area contributed by atoms with E-state index in [1.165, 1.54) is 9.80 Å². The number of carbonyl (C=O) groups is 3. The lowest BCUT2D eigenvalue weighted by atomic mass is 10.0. The van der Waals surface area contributed by atoms with E-state index < -0.39 is 12.1 Å². The van der Waals surface area contributed by atoms with Crippen molar-refractivity contribution in [3.8, 4) is 5.75 Å². The van der Waals surface area contributed by atoms with Gasteiger partial charge >= 0.3 is 6.03 Å². The first-order valence-electron chi connectivity index (χ1n) is 9.26. The van der Waals surface area contributed by atoms with Crippen LogP contribution in [0.25, 0.3) is 0 Å². The number of nitrogens with zero attached hydrogens (tertiary/aromatic N) is 2. The summed E-state index contributed by atoms with van der Waals surface area (Å²) in [6.07, 6.45) is 0.554. The smallest absolute Gasteiger partial charge is 0.324 e. The van der Waals surface area contributed by atoms with E-state index in [1.807, 2.05) is 48.5 Å². The maximum absolute atomic E-state index is 13.0. The molecule has 4 rings (SSSR count). The number of ether oxygens (including phenoxy) is 1. The van der Waals surface area contributed by atoms with E-state index in [2.05, 4.69) is 5.32 Å². The van der Waals surface area contributed by atoms with Gasteiger partial charge in [0.25, 0.3) is 11.8 Å². The Morgan fingerprint density at radius 3 is 2.43 bits per heavy atom. The zero-order valence-electron chi connectivity index (χ0n) is 15.3. The van der Waals surface area contributed by atoms with Crippen molar-refractivity contribution < 1.29 is 19.1 Å². The third-order valence-electron chi connectivity index (χ3n) is 5.08. The van der Waals surface area contributed by atoms with Crippen molar-refractivity contribution in [1.82, 2.24) is 15.1 Å². The van der Waals surface area contributed by atoms with Gasteiger partial charge in [-0.2, -0.15) is 0 Å². The molecule has 4 amide bonds. The van der Waals surface area contributed by atoms with Crippen molar-refractivity contribution in [1.29, 1.82) is 0 Å². The normalized spacial score (nSPS) is 21.3. The highest BCUT2D eigenvalue weighted by Gasteiger charge is 2.49. The number of amides is 4. The molecule has 28 heavy (non-hydrogen) atoms. The highest BCUT2D eigenvalue weighted by Crippen LogP contribution is 2.25. The van der Waals surface area contributed by atoms with E-state index in [0.29, 0.717) is 18.7 Å². The minimum absolute atomic E-state index is 0.146. The van der Waals surface area contributed by atoms with E-state index in [9.17, 15) is 14.4 Å². The standard InChI is InChI=1S/C21H21N3O4/c25-18(14-28-16-9-5-2-6-10-16)23-12-11-17-19(23)20(26)24(21(27)22-17)13-15-7-3-1-4-8-15/h1-10,17,19H,11-14H2,(H,22,27). The zero-order valence-corrected chi connectivity index (χ0v) is 15.3. The van der Waals surface area contributed by atoms with Gasteiger partial charge in [0.2, 0.25) is 0 Å². The molecular weight excluding hydrogens is 358 g/mol. The van der Waals surface area contributed by atoms with Crippen molar-refractivity contribution in [3.05, 3.63) is 66.2 Å². The van der Waals surface area contributed by atoms with Crippen LogP contribution in [-0.2, 0) is 16.1 Å². The summed E-state index contributed by atoms with van der Waals surface area (Å²) >= 11 is 0. The monoisotopic (exact) mass is 379 g/mol. The maximum Gasteiger partial charge on any atom is 0.324 e. The molecule has 2 unspecified atom stereocenters. The molecule has 0 bridgehead atoms. The van der Waals surface area contributed by atoms with Gasteiger partial charge in [-0.3, -0.25) is 14.5 Å². The van der Waals surface area contributed by atoms with E-state index >= 15 is 0 Å². The molecule has 2 heterocycles. The molecule has 0 aliphatic carbocycles. The molecule has 2 aromatic rings. The molecule has 0 spiro atoms. The summed E-state index contributed by atoms with van der Waals surface area (Å²) in [5.41, 5.74) is 0.854. The van der Waals surface area contributed by atoms with Crippen LogP contribution in [-0.4, -0.2) is 52.9 Å². The molecule has 2 atom stereocenters. The quantitative estimate of drug-likeness (QED) is 0.859. The minimum atomic E-state index is -0.687. The van der Waals surface area contributed by atoms with E-state index in [-0.39, 0.29) is 31.0 Å². The Balaban J connectivity index is 1.45. The summed E-state index contributed by atoms with van der Waals surface area (Å²) < 4.78 is 5.54. The fraction of sp³-hybridized carbons (Fsp3) is 0.286. The lowest BCUT2D eigenvalue weighted by Gasteiger charge is -2.36. The number of fused-ring (bicyclic) bond motifs is 1. The van der Waals surface area contributed by atoms with Gasteiger partial charge in [0.1, 0.15) is 11.8 Å². The van der Waals surface area contributed by atoms with Crippen LogP contribution in [0.2, 0.25) is 0 Å². The molecule has 7 nitrogen and oxygen atoms in total. The number of benzene rings is 2. The van der Waals surface area contributed by atoms with Gasteiger partial charge in [0.15, 0.2) is 6.61 Å². The number of nitrogens with one attached hydrogen (secondary N) is 1. The van der Waals surface area contributed by atoms with Gasteiger partial charge in [-0.05, 0) is 24.1 Å². The van der Waals surface area contributed by atoms with Crippen molar-refractivity contribution in [2.75, 3.05) is 13.2 Å². The van der Waals surface area contributed by atoms with Crippen LogP contribution in [0.5, 0.6) is 5.75 Å². The van der Waals surface area contributed by atoms with Gasteiger partial charge < -0.3 is 15.0 Å². The number of carbonyl (C=O) groups excluding carboxylic acids is 3. The Labute approximate surface area is 162 Å². The molecule has 2 fully saturated rings. The number of hydrogen-bond acceptors (Lipinski definition) is 4. The lowest BCUT2D eigenvalue weighted by molar-refractivity contribution is -0.145. The van der Waals surface area contributed by atoms with Gasteiger partial charge in [-0.1, -0.05) is 48.5 Å². The number of urea groups is 1. The molecule has 7 heteroatoms. The Kier molecular flexibility index (Phi) is 4.97. The van der Waals surface area contributed by atoms with Crippen molar-refractivity contribution >= 4 is 17.8 Å². The predicted octanol–water partition coefficient (Wildman–Crippen LogP) is 1.79. The molecule has 2 saturated heterocycles. The van der Waals surface area contributed by atoms with E-state index in [1.54, 1.807) is 12.1 Å². The second-order valence-electron chi connectivity index (χ2n) is 6.89. The lowest BCUT2D eigenvalue weighted by Crippen LogP contribution is -2.64. The minimum Gasteiger partial charge on any atom is -0.484 e. The van der Waals surface area contributed by atoms with Gasteiger partial charge in [-0.15, -0.1) is 0 Å². The van der Waals surface area contributed by atoms with Crippen LogP contribution in [0.4, 0.5) is 4.79 Å². The average Bonchev–Trinajstić information content (AvgIpc) is 3.15. The average molecular weight is 379 g/mol. The first kappa shape index (κ1) is 18.0.